The molecule has 0 atom stereocenters. The van der Waals surface area contributed by atoms with Crippen LogP contribution in [0.5, 0.6) is 5.75 Å². The van der Waals surface area contributed by atoms with Crippen LogP contribution >= 0.6 is 0 Å². The Morgan fingerprint density at radius 1 is 1.12 bits per heavy atom. The lowest BCUT2D eigenvalue weighted by molar-refractivity contribution is 0.376. The van der Waals surface area contributed by atoms with Gasteiger partial charge in [0.15, 0.2) is 0 Å². The highest BCUT2D eigenvalue weighted by molar-refractivity contribution is 7.89. The summed E-state index contributed by atoms with van der Waals surface area (Å²) in [6, 6.07) is 13.7. The lowest BCUT2D eigenvalue weighted by Crippen LogP contribution is -2.23. The number of hydrogen-bond donors (Lipinski definition) is 1. The Labute approximate surface area is 145 Å². The summed E-state index contributed by atoms with van der Waals surface area (Å²) < 4.78 is 37.2. The monoisotopic (exact) mass is 359 g/mol. The van der Waals surface area contributed by atoms with E-state index in [0.717, 1.165) is 11.1 Å². The Kier molecular flexibility index (Phi) is 4.82. The van der Waals surface area contributed by atoms with Gasteiger partial charge in [0, 0.05) is 5.56 Å². The van der Waals surface area contributed by atoms with Crippen LogP contribution in [0.15, 0.2) is 57.9 Å². The molecule has 0 unspecified atom stereocenters. The lowest BCUT2D eigenvalue weighted by atomic mass is 10.1. The number of aromatic nitrogens is 2. The quantitative estimate of drug-likeness (QED) is 0.727. The number of benzene rings is 2. The number of nitrogens with one attached hydrogen (secondary N) is 1. The number of nitrogens with zero attached hydrogens (tertiary/aromatic N) is 2. The van der Waals surface area contributed by atoms with E-state index in [1.807, 2.05) is 31.2 Å². The first-order chi connectivity index (χ1) is 12.0. The average molecular weight is 359 g/mol. The SMILES string of the molecule is COc1ccc(S(=O)(=O)NCc2nc(-c3ccccc3C)no2)cc1. The first-order valence-electron chi connectivity index (χ1n) is 7.52. The van der Waals surface area contributed by atoms with Gasteiger partial charge in [-0.15, -0.1) is 0 Å². The van der Waals surface area contributed by atoms with Crippen molar-refractivity contribution in [2.24, 2.45) is 0 Å². The zero-order chi connectivity index (χ0) is 17.9. The second-order valence-corrected chi connectivity index (χ2v) is 7.09. The summed E-state index contributed by atoms with van der Waals surface area (Å²) >= 11 is 0. The van der Waals surface area contributed by atoms with Gasteiger partial charge in [-0.25, -0.2) is 13.1 Å². The lowest BCUT2D eigenvalue weighted by Gasteiger charge is -2.05. The molecule has 3 rings (SSSR count). The standard InChI is InChI=1S/C17H17N3O4S/c1-12-5-3-4-6-15(12)17-19-16(24-20-17)11-18-25(21,22)14-9-7-13(23-2)8-10-14/h3-10,18H,11H2,1-2H3. The predicted molar refractivity (Wildman–Crippen MR) is 91.5 cm³/mol. The number of methoxy groups -OCH3 is 1. The molecule has 0 saturated carbocycles. The van der Waals surface area contributed by atoms with E-state index in [0.29, 0.717) is 11.6 Å². The van der Waals surface area contributed by atoms with Crippen molar-refractivity contribution >= 4 is 10.0 Å². The molecule has 130 valence electrons. The molecule has 0 aliphatic heterocycles. The summed E-state index contributed by atoms with van der Waals surface area (Å²) in [6.07, 6.45) is 0. The molecule has 0 amide bonds. The highest BCUT2D eigenvalue weighted by atomic mass is 32.2. The topological polar surface area (TPSA) is 94.3 Å². The smallest absolute Gasteiger partial charge is 0.242 e. The van der Waals surface area contributed by atoms with Gasteiger partial charge >= 0.3 is 0 Å². The highest BCUT2D eigenvalue weighted by Gasteiger charge is 2.16. The van der Waals surface area contributed by atoms with E-state index >= 15 is 0 Å². The van der Waals surface area contributed by atoms with Crippen LogP contribution in [0, 0.1) is 6.92 Å². The summed E-state index contributed by atoms with van der Waals surface area (Å²) in [6.45, 7) is 1.85. The molecular weight excluding hydrogens is 342 g/mol. The third kappa shape index (κ3) is 3.86. The first-order valence-corrected chi connectivity index (χ1v) is 9.00. The number of ether oxygens (including phenoxy) is 1. The fraction of sp³-hybridized carbons (Fsp3) is 0.176. The van der Waals surface area contributed by atoms with Gasteiger partial charge in [0.2, 0.25) is 21.7 Å². The summed E-state index contributed by atoms with van der Waals surface area (Å²) in [4.78, 5) is 4.37. The molecule has 0 fully saturated rings. The van der Waals surface area contributed by atoms with Gasteiger partial charge in [-0.3, -0.25) is 0 Å². The Bertz CT molecular complexity index is 966. The van der Waals surface area contributed by atoms with Crippen molar-refractivity contribution in [3.63, 3.8) is 0 Å². The van der Waals surface area contributed by atoms with Crippen molar-refractivity contribution < 1.29 is 17.7 Å². The third-order valence-electron chi connectivity index (χ3n) is 3.64. The molecule has 0 bridgehead atoms. The molecule has 0 aliphatic rings. The highest BCUT2D eigenvalue weighted by Crippen LogP contribution is 2.20. The number of aryl methyl sites for hydroxylation is 1. The van der Waals surface area contributed by atoms with Crippen molar-refractivity contribution in [1.82, 2.24) is 14.9 Å². The van der Waals surface area contributed by atoms with Gasteiger partial charge in [0.05, 0.1) is 18.6 Å². The second kappa shape index (κ2) is 7.04. The van der Waals surface area contributed by atoms with Crippen LogP contribution in [0.1, 0.15) is 11.5 Å². The van der Waals surface area contributed by atoms with Crippen LogP contribution in [-0.2, 0) is 16.6 Å². The van der Waals surface area contributed by atoms with Crippen LogP contribution in [0.25, 0.3) is 11.4 Å². The molecule has 1 aromatic heterocycles. The molecular formula is C17H17N3O4S. The molecule has 8 heteroatoms. The molecule has 7 nitrogen and oxygen atoms in total. The third-order valence-corrected chi connectivity index (χ3v) is 5.05. The maximum atomic E-state index is 12.3. The minimum absolute atomic E-state index is 0.0900. The summed E-state index contributed by atoms with van der Waals surface area (Å²) in [5, 5.41) is 3.91. The molecule has 0 saturated heterocycles. The summed E-state index contributed by atoms with van der Waals surface area (Å²) in [5.74, 6) is 1.20. The minimum Gasteiger partial charge on any atom is -0.497 e. The van der Waals surface area contributed by atoms with Gasteiger partial charge in [-0.2, -0.15) is 4.98 Å². The fourth-order valence-corrected chi connectivity index (χ4v) is 3.23. The minimum atomic E-state index is -3.68. The molecule has 25 heavy (non-hydrogen) atoms. The fourth-order valence-electron chi connectivity index (χ4n) is 2.25. The summed E-state index contributed by atoms with van der Waals surface area (Å²) in [7, 11) is -2.16. The van der Waals surface area contributed by atoms with Crippen LogP contribution in [0.2, 0.25) is 0 Å². The van der Waals surface area contributed by atoms with E-state index in [-0.39, 0.29) is 17.3 Å². The van der Waals surface area contributed by atoms with Gasteiger partial charge < -0.3 is 9.26 Å². The second-order valence-electron chi connectivity index (χ2n) is 5.33. The Morgan fingerprint density at radius 3 is 2.52 bits per heavy atom. The Balaban J connectivity index is 1.72. The van der Waals surface area contributed by atoms with Crippen molar-refractivity contribution in [1.29, 1.82) is 0 Å². The normalized spacial score (nSPS) is 11.4. The van der Waals surface area contributed by atoms with E-state index in [2.05, 4.69) is 14.9 Å². The van der Waals surface area contributed by atoms with Gasteiger partial charge in [-0.05, 0) is 36.8 Å². The zero-order valence-corrected chi connectivity index (χ0v) is 14.6. The summed E-state index contributed by atoms with van der Waals surface area (Å²) in [5.41, 5.74) is 1.85. The predicted octanol–water partition coefficient (Wildman–Crippen LogP) is 2.53. The number of rotatable bonds is 6. The van der Waals surface area contributed by atoms with Gasteiger partial charge in [0.1, 0.15) is 5.75 Å². The van der Waals surface area contributed by atoms with Crippen molar-refractivity contribution in [3.05, 3.63) is 60.0 Å². The average Bonchev–Trinajstić information content (AvgIpc) is 3.09. The first kappa shape index (κ1) is 17.1. The van der Waals surface area contributed by atoms with E-state index in [4.69, 9.17) is 9.26 Å². The molecule has 0 spiro atoms. The largest absolute Gasteiger partial charge is 0.497 e. The van der Waals surface area contributed by atoms with Crippen molar-refractivity contribution in [3.8, 4) is 17.1 Å². The number of hydrogen-bond acceptors (Lipinski definition) is 6. The van der Waals surface area contributed by atoms with Crippen LogP contribution in [0.3, 0.4) is 0 Å². The maximum absolute atomic E-state index is 12.3. The van der Waals surface area contributed by atoms with Crippen LogP contribution in [-0.4, -0.2) is 25.7 Å². The molecule has 0 aliphatic carbocycles. The van der Waals surface area contributed by atoms with Crippen molar-refractivity contribution in [2.45, 2.75) is 18.4 Å². The molecule has 1 N–H and O–H groups in total. The maximum Gasteiger partial charge on any atom is 0.242 e. The van der Waals surface area contributed by atoms with E-state index in [1.54, 1.807) is 12.1 Å². The van der Waals surface area contributed by atoms with E-state index in [1.165, 1.54) is 19.2 Å². The van der Waals surface area contributed by atoms with Gasteiger partial charge in [0.25, 0.3) is 0 Å². The van der Waals surface area contributed by atoms with E-state index < -0.39 is 10.0 Å². The molecule has 2 aromatic carbocycles. The Hall–Kier alpha value is -2.71. The van der Waals surface area contributed by atoms with E-state index in [9.17, 15) is 8.42 Å². The molecule has 0 radical (unpaired) electrons. The van der Waals surface area contributed by atoms with Crippen LogP contribution in [0.4, 0.5) is 0 Å². The zero-order valence-electron chi connectivity index (χ0n) is 13.8. The molecule has 3 aromatic rings. The number of sulfonamides is 1. The van der Waals surface area contributed by atoms with Crippen LogP contribution < -0.4 is 9.46 Å². The molecule has 1 heterocycles. The van der Waals surface area contributed by atoms with Crippen molar-refractivity contribution in [2.75, 3.05) is 7.11 Å². The van der Waals surface area contributed by atoms with Gasteiger partial charge in [-0.1, -0.05) is 29.4 Å². The Morgan fingerprint density at radius 2 is 1.84 bits per heavy atom.